The second-order valence-corrected chi connectivity index (χ2v) is 8.28. The normalized spacial score (nSPS) is 14.6. The molecule has 1 aliphatic rings. The lowest BCUT2D eigenvalue weighted by molar-refractivity contribution is -0.0925. The third-order valence-corrected chi connectivity index (χ3v) is 5.88. The summed E-state index contributed by atoms with van der Waals surface area (Å²) in [5.74, 6) is -0.143. The van der Waals surface area contributed by atoms with Gasteiger partial charge in [0.15, 0.2) is 0 Å². The molecule has 0 spiro atoms. The molecule has 4 nitrogen and oxygen atoms in total. The lowest BCUT2D eigenvalue weighted by Crippen LogP contribution is -2.35. The van der Waals surface area contributed by atoms with Crippen LogP contribution in [-0.4, -0.2) is 29.2 Å². The molecular formula is C26H21ClF3N3O. The Morgan fingerprint density at radius 2 is 1.56 bits per heavy atom. The van der Waals surface area contributed by atoms with Gasteiger partial charge < -0.3 is 10.6 Å². The molecular weight excluding hydrogens is 463 g/mol. The van der Waals surface area contributed by atoms with Crippen molar-refractivity contribution in [2.45, 2.75) is 19.1 Å². The summed E-state index contributed by atoms with van der Waals surface area (Å²) in [6.07, 6.45) is -3.17. The van der Waals surface area contributed by atoms with Crippen LogP contribution in [0, 0.1) is 0 Å². The van der Waals surface area contributed by atoms with Crippen LogP contribution >= 0.6 is 11.6 Å². The molecule has 3 aromatic carbocycles. The molecule has 2 N–H and O–H groups in total. The Labute approximate surface area is 200 Å². The Bertz CT molecular complexity index is 1270. The largest absolute Gasteiger partial charge is 0.430 e. The molecule has 8 heteroatoms. The van der Waals surface area contributed by atoms with E-state index in [0.717, 1.165) is 18.1 Å². The molecule has 1 amide bonds. The fourth-order valence-electron chi connectivity index (χ4n) is 3.72. The second kappa shape index (κ2) is 9.73. The summed E-state index contributed by atoms with van der Waals surface area (Å²) in [6, 6.07) is 20.8. The number of halogens is 4. The molecule has 0 atom stereocenters. The Balaban J connectivity index is 1.63. The van der Waals surface area contributed by atoms with E-state index in [4.69, 9.17) is 17.3 Å². The van der Waals surface area contributed by atoms with E-state index >= 15 is 0 Å². The maximum atomic E-state index is 13.1. The number of carbonyl (C=O) groups excluding carboxylic acids is 1. The SMILES string of the molecule is NC(=CC(=Nc1ccccc1Cl)c1ccc(C(=O)N2CCc3ccccc3C2)cc1)C(F)(F)F. The van der Waals surface area contributed by atoms with Crippen molar-refractivity contribution in [2.24, 2.45) is 10.7 Å². The maximum absolute atomic E-state index is 13.1. The number of para-hydroxylation sites is 1. The van der Waals surface area contributed by atoms with Crippen LogP contribution in [0.3, 0.4) is 0 Å². The summed E-state index contributed by atoms with van der Waals surface area (Å²) in [7, 11) is 0. The summed E-state index contributed by atoms with van der Waals surface area (Å²) in [5, 5.41) is 0.288. The Morgan fingerprint density at radius 3 is 2.24 bits per heavy atom. The zero-order valence-electron chi connectivity index (χ0n) is 18.0. The summed E-state index contributed by atoms with van der Waals surface area (Å²) in [4.78, 5) is 19.1. The van der Waals surface area contributed by atoms with Gasteiger partial charge in [-0.15, -0.1) is 0 Å². The van der Waals surface area contributed by atoms with Crippen molar-refractivity contribution in [1.29, 1.82) is 0 Å². The monoisotopic (exact) mass is 483 g/mol. The predicted molar refractivity (Wildman–Crippen MR) is 127 cm³/mol. The van der Waals surface area contributed by atoms with E-state index in [2.05, 4.69) is 11.1 Å². The standard InChI is InChI=1S/C26H21ClF3N3O/c27-21-7-3-4-8-22(21)32-23(15-24(31)26(28,29)30)18-9-11-19(12-10-18)25(34)33-14-13-17-5-1-2-6-20(17)16-33/h1-12,15H,13-14,16,31H2. The number of carbonyl (C=O) groups is 1. The number of nitrogens with zero attached hydrogens (tertiary/aromatic N) is 2. The Hall–Kier alpha value is -3.58. The molecule has 0 unspecified atom stereocenters. The van der Waals surface area contributed by atoms with Crippen molar-refractivity contribution in [3.05, 3.63) is 112 Å². The van der Waals surface area contributed by atoms with Gasteiger partial charge in [0.1, 0.15) is 5.70 Å². The molecule has 0 radical (unpaired) electrons. The summed E-state index contributed by atoms with van der Waals surface area (Å²) in [5.41, 5.74) is 7.40. The first kappa shape index (κ1) is 23.6. The fourth-order valence-corrected chi connectivity index (χ4v) is 3.89. The van der Waals surface area contributed by atoms with E-state index in [1.54, 1.807) is 53.4 Å². The van der Waals surface area contributed by atoms with E-state index in [1.165, 1.54) is 5.56 Å². The molecule has 3 aromatic rings. The number of aliphatic imine (C=N–C) groups is 1. The van der Waals surface area contributed by atoms with E-state index in [9.17, 15) is 18.0 Å². The van der Waals surface area contributed by atoms with E-state index in [0.29, 0.717) is 29.9 Å². The number of hydrogen-bond donors (Lipinski definition) is 1. The average molecular weight is 484 g/mol. The minimum Gasteiger partial charge on any atom is -0.395 e. The number of nitrogens with two attached hydrogens (primary N) is 1. The van der Waals surface area contributed by atoms with Crippen molar-refractivity contribution in [2.75, 3.05) is 6.54 Å². The maximum Gasteiger partial charge on any atom is 0.430 e. The highest BCUT2D eigenvalue weighted by atomic mass is 35.5. The van der Waals surface area contributed by atoms with Gasteiger partial charge >= 0.3 is 6.18 Å². The molecule has 0 aliphatic carbocycles. The highest BCUT2D eigenvalue weighted by Crippen LogP contribution is 2.27. The smallest absolute Gasteiger partial charge is 0.395 e. The van der Waals surface area contributed by atoms with Crippen molar-refractivity contribution in [3.63, 3.8) is 0 Å². The van der Waals surface area contributed by atoms with Crippen LogP contribution in [0.5, 0.6) is 0 Å². The van der Waals surface area contributed by atoms with Gasteiger partial charge in [0, 0.05) is 24.2 Å². The molecule has 0 fully saturated rings. The predicted octanol–water partition coefficient (Wildman–Crippen LogP) is 6.06. The summed E-state index contributed by atoms with van der Waals surface area (Å²) < 4.78 is 39.3. The third kappa shape index (κ3) is 5.31. The van der Waals surface area contributed by atoms with Crippen molar-refractivity contribution in [1.82, 2.24) is 4.90 Å². The molecule has 1 aliphatic heterocycles. The summed E-state index contributed by atoms with van der Waals surface area (Å²) in [6.45, 7) is 1.11. The third-order valence-electron chi connectivity index (χ3n) is 5.56. The molecule has 1 heterocycles. The molecule has 0 aromatic heterocycles. The fraction of sp³-hybridized carbons (Fsp3) is 0.154. The van der Waals surface area contributed by atoms with Crippen molar-refractivity contribution in [3.8, 4) is 0 Å². The van der Waals surface area contributed by atoms with Gasteiger partial charge in [-0.1, -0.05) is 60.1 Å². The quantitative estimate of drug-likeness (QED) is 0.458. The van der Waals surface area contributed by atoms with E-state index in [-0.39, 0.29) is 16.6 Å². The van der Waals surface area contributed by atoms with Crippen molar-refractivity contribution >= 4 is 28.9 Å². The van der Waals surface area contributed by atoms with Crippen LogP contribution in [0.1, 0.15) is 27.0 Å². The number of allylic oxidation sites excluding steroid dienone is 2. The van der Waals surface area contributed by atoms with Crippen LogP contribution in [0.2, 0.25) is 5.02 Å². The number of fused-ring (bicyclic) bond motifs is 1. The number of amides is 1. The molecule has 174 valence electrons. The van der Waals surface area contributed by atoms with Crippen LogP contribution in [0.15, 0.2) is 89.6 Å². The zero-order chi connectivity index (χ0) is 24.3. The van der Waals surface area contributed by atoms with Crippen molar-refractivity contribution < 1.29 is 18.0 Å². The molecule has 4 rings (SSSR count). The molecule has 0 bridgehead atoms. The topological polar surface area (TPSA) is 58.7 Å². The lowest BCUT2D eigenvalue weighted by atomic mass is 9.99. The Kier molecular flexibility index (Phi) is 6.75. The molecule has 0 saturated carbocycles. The van der Waals surface area contributed by atoms with E-state index in [1.807, 2.05) is 18.2 Å². The number of benzene rings is 3. The summed E-state index contributed by atoms with van der Waals surface area (Å²) >= 11 is 6.14. The number of rotatable bonds is 4. The first-order valence-corrected chi connectivity index (χ1v) is 10.9. The molecule has 34 heavy (non-hydrogen) atoms. The zero-order valence-corrected chi connectivity index (χ0v) is 18.8. The van der Waals surface area contributed by atoms with Gasteiger partial charge in [0.2, 0.25) is 0 Å². The minimum absolute atomic E-state index is 0.0196. The lowest BCUT2D eigenvalue weighted by Gasteiger charge is -2.29. The van der Waals surface area contributed by atoms with Gasteiger partial charge in [0.05, 0.1) is 16.4 Å². The van der Waals surface area contributed by atoms with Crippen LogP contribution in [-0.2, 0) is 13.0 Å². The molecule has 0 saturated heterocycles. The van der Waals surface area contributed by atoms with E-state index < -0.39 is 11.9 Å². The van der Waals surface area contributed by atoms with Gasteiger partial charge in [-0.05, 0) is 47.9 Å². The Morgan fingerprint density at radius 1 is 0.941 bits per heavy atom. The van der Waals surface area contributed by atoms with Crippen LogP contribution < -0.4 is 5.73 Å². The van der Waals surface area contributed by atoms with Gasteiger partial charge in [0.25, 0.3) is 5.91 Å². The highest BCUT2D eigenvalue weighted by molar-refractivity contribution is 6.33. The highest BCUT2D eigenvalue weighted by Gasteiger charge is 2.32. The second-order valence-electron chi connectivity index (χ2n) is 7.87. The minimum atomic E-state index is -4.71. The number of hydrogen-bond acceptors (Lipinski definition) is 3. The average Bonchev–Trinajstić information content (AvgIpc) is 2.83. The number of alkyl halides is 3. The van der Waals surface area contributed by atoms with Gasteiger partial charge in [-0.25, -0.2) is 4.99 Å². The van der Waals surface area contributed by atoms with Crippen LogP contribution in [0.4, 0.5) is 18.9 Å². The van der Waals surface area contributed by atoms with Gasteiger partial charge in [-0.3, -0.25) is 4.79 Å². The first-order valence-electron chi connectivity index (χ1n) is 10.6. The first-order chi connectivity index (χ1) is 16.2. The van der Waals surface area contributed by atoms with Crippen LogP contribution in [0.25, 0.3) is 0 Å². The van der Waals surface area contributed by atoms with Gasteiger partial charge in [-0.2, -0.15) is 13.2 Å².